The van der Waals surface area contributed by atoms with Crippen molar-refractivity contribution in [3.8, 4) is 0 Å². The number of halogens is 1. The molecule has 1 amide bonds. The van der Waals surface area contributed by atoms with E-state index in [1.165, 1.54) is 0 Å². The second-order valence-electron chi connectivity index (χ2n) is 4.99. The van der Waals surface area contributed by atoms with E-state index in [4.69, 9.17) is 10.5 Å². The standard InChI is InChI=1S/C13H26N2O2.ClH/c1-3-4-9-17-10(2)13(16)15-12-7-5-11(14)6-8-12;/h10-12H,3-9,14H2,1-2H3,(H,15,16);1H. The Morgan fingerprint density at radius 3 is 2.56 bits per heavy atom. The van der Waals surface area contributed by atoms with Gasteiger partial charge < -0.3 is 15.8 Å². The molecule has 0 aliphatic heterocycles. The van der Waals surface area contributed by atoms with Crippen LogP contribution in [-0.2, 0) is 9.53 Å². The van der Waals surface area contributed by atoms with E-state index in [0.717, 1.165) is 38.5 Å². The average Bonchev–Trinajstić information content (AvgIpc) is 2.32. The molecule has 3 N–H and O–H groups in total. The fraction of sp³-hybridized carbons (Fsp3) is 0.923. The summed E-state index contributed by atoms with van der Waals surface area (Å²) in [5.41, 5.74) is 5.83. The summed E-state index contributed by atoms with van der Waals surface area (Å²) in [4.78, 5) is 11.8. The minimum absolute atomic E-state index is 0. The van der Waals surface area contributed by atoms with E-state index in [-0.39, 0.29) is 24.4 Å². The lowest BCUT2D eigenvalue weighted by molar-refractivity contribution is -0.132. The molecule has 0 bridgehead atoms. The zero-order chi connectivity index (χ0) is 12.7. The second kappa shape index (κ2) is 9.59. The Morgan fingerprint density at radius 1 is 1.39 bits per heavy atom. The summed E-state index contributed by atoms with van der Waals surface area (Å²) >= 11 is 0. The second-order valence-corrected chi connectivity index (χ2v) is 4.99. The number of carbonyl (C=O) groups is 1. The molecule has 0 spiro atoms. The molecular weight excluding hydrogens is 252 g/mol. The van der Waals surface area contributed by atoms with Gasteiger partial charge in [0.15, 0.2) is 0 Å². The highest BCUT2D eigenvalue weighted by Crippen LogP contribution is 2.17. The first-order chi connectivity index (χ1) is 8.13. The summed E-state index contributed by atoms with van der Waals surface area (Å²) in [7, 11) is 0. The van der Waals surface area contributed by atoms with Crippen LogP contribution in [0.25, 0.3) is 0 Å². The molecule has 1 rings (SSSR count). The van der Waals surface area contributed by atoms with Crippen molar-refractivity contribution in [3.63, 3.8) is 0 Å². The highest BCUT2D eigenvalue weighted by Gasteiger charge is 2.22. The van der Waals surface area contributed by atoms with Gasteiger partial charge in [0.05, 0.1) is 0 Å². The van der Waals surface area contributed by atoms with Gasteiger partial charge in [-0.15, -0.1) is 12.4 Å². The lowest BCUT2D eigenvalue weighted by Gasteiger charge is -2.27. The Morgan fingerprint density at radius 2 is 2.00 bits per heavy atom. The first kappa shape index (κ1) is 17.7. The van der Waals surface area contributed by atoms with Gasteiger partial charge in [-0.2, -0.15) is 0 Å². The monoisotopic (exact) mass is 278 g/mol. The lowest BCUT2D eigenvalue weighted by Crippen LogP contribution is -2.44. The summed E-state index contributed by atoms with van der Waals surface area (Å²) in [6, 6.07) is 0.612. The van der Waals surface area contributed by atoms with Gasteiger partial charge in [-0.05, 0) is 39.0 Å². The van der Waals surface area contributed by atoms with E-state index in [1.54, 1.807) is 0 Å². The molecule has 5 heteroatoms. The van der Waals surface area contributed by atoms with Crippen LogP contribution in [0.1, 0.15) is 52.4 Å². The van der Waals surface area contributed by atoms with E-state index < -0.39 is 0 Å². The molecule has 1 atom stereocenters. The maximum atomic E-state index is 11.8. The van der Waals surface area contributed by atoms with Gasteiger partial charge in [0, 0.05) is 18.7 Å². The third-order valence-electron chi connectivity index (χ3n) is 3.35. The van der Waals surface area contributed by atoms with Crippen LogP contribution in [0, 0.1) is 0 Å². The van der Waals surface area contributed by atoms with E-state index >= 15 is 0 Å². The van der Waals surface area contributed by atoms with E-state index in [1.807, 2.05) is 6.92 Å². The highest BCUT2D eigenvalue weighted by molar-refractivity contribution is 5.85. The summed E-state index contributed by atoms with van der Waals surface area (Å²) in [6.45, 7) is 4.60. The van der Waals surface area contributed by atoms with Crippen LogP contribution in [0.4, 0.5) is 0 Å². The van der Waals surface area contributed by atoms with Gasteiger partial charge >= 0.3 is 0 Å². The fourth-order valence-electron chi connectivity index (χ4n) is 2.06. The zero-order valence-electron chi connectivity index (χ0n) is 11.5. The minimum Gasteiger partial charge on any atom is -0.369 e. The Bertz CT molecular complexity index is 231. The Kier molecular flexibility index (Phi) is 9.42. The third-order valence-corrected chi connectivity index (χ3v) is 3.35. The fourth-order valence-corrected chi connectivity index (χ4v) is 2.06. The molecule has 0 aromatic heterocycles. The van der Waals surface area contributed by atoms with Crippen molar-refractivity contribution in [2.75, 3.05) is 6.61 Å². The first-order valence-electron chi connectivity index (χ1n) is 6.81. The smallest absolute Gasteiger partial charge is 0.249 e. The van der Waals surface area contributed by atoms with Crippen molar-refractivity contribution in [1.29, 1.82) is 0 Å². The summed E-state index contributed by atoms with van der Waals surface area (Å²) in [6.07, 6.45) is 5.78. The number of hydrogen-bond acceptors (Lipinski definition) is 3. The number of nitrogens with two attached hydrogens (primary N) is 1. The van der Waals surface area contributed by atoms with Gasteiger partial charge in [0.2, 0.25) is 5.91 Å². The summed E-state index contributed by atoms with van der Waals surface area (Å²) in [5.74, 6) is 0.0153. The van der Waals surface area contributed by atoms with E-state index in [2.05, 4.69) is 12.2 Å². The normalized spacial score (nSPS) is 25.1. The third kappa shape index (κ3) is 6.57. The van der Waals surface area contributed by atoms with Crippen LogP contribution in [0.5, 0.6) is 0 Å². The van der Waals surface area contributed by atoms with Crippen LogP contribution in [0.3, 0.4) is 0 Å². The van der Waals surface area contributed by atoms with Crippen molar-refractivity contribution < 1.29 is 9.53 Å². The number of carbonyl (C=O) groups excluding carboxylic acids is 1. The molecule has 0 aromatic carbocycles. The van der Waals surface area contributed by atoms with E-state index in [0.29, 0.717) is 18.7 Å². The number of nitrogens with one attached hydrogen (secondary N) is 1. The molecule has 0 radical (unpaired) electrons. The highest BCUT2D eigenvalue weighted by atomic mass is 35.5. The number of hydrogen-bond donors (Lipinski definition) is 2. The summed E-state index contributed by atoms with van der Waals surface area (Å²) < 4.78 is 5.47. The number of ether oxygens (including phenoxy) is 1. The van der Waals surface area contributed by atoms with E-state index in [9.17, 15) is 4.79 Å². The molecule has 4 nitrogen and oxygen atoms in total. The average molecular weight is 279 g/mol. The molecular formula is C13H27ClN2O2. The number of amides is 1. The number of rotatable bonds is 6. The van der Waals surface area contributed by atoms with Crippen LogP contribution in [-0.4, -0.2) is 30.7 Å². The molecule has 1 aliphatic rings. The van der Waals surface area contributed by atoms with Gasteiger partial charge in [0.1, 0.15) is 6.10 Å². The van der Waals surface area contributed by atoms with Gasteiger partial charge in [-0.1, -0.05) is 13.3 Å². The van der Waals surface area contributed by atoms with Crippen molar-refractivity contribution in [2.24, 2.45) is 5.73 Å². The largest absolute Gasteiger partial charge is 0.369 e. The molecule has 1 unspecified atom stereocenters. The zero-order valence-corrected chi connectivity index (χ0v) is 12.3. The predicted molar refractivity (Wildman–Crippen MR) is 75.9 cm³/mol. The maximum Gasteiger partial charge on any atom is 0.249 e. The Labute approximate surface area is 116 Å². The molecule has 0 heterocycles. The quantitative estimate of drug-likeness (QED) is 0.731. The molecule has 18 heavy (non-hydrogen) atoms. The molecule has 0 aromatic rings. The Balaban J connectivity index is 0.00000289. The van der Waals surface area contributed by atoms with Crippen molar-refractivity contribution in [3.05, 3.63) is 0 Å². The molecule has 1 fully saturated rings. The molecule has 108 valence electrons. The molecule has 1 saturated carbocycles. The molecule has 1 aliphatic carbocycles. The van der Waals surface area contributed by atoms with Crippen LogP contribution in [0.2, 0.25) is 0 Å². The topological polar surface area (TPSA) is 64.3 Å². The van der Waals surface area contributed by atoms with Gasteiger partial charge in [-0.3, -0.25) is 4.79 Å². The minimum atomic E-state index is -0.336. The van der Waals surface area contributed by atoms with Crippen molar-refractivity contribution in [1.82, 2.24) is 5.32 Å². The maximum absolute atomic E-state index is 11.8. The van der Waals surface area contributed by atoms with Gasteiger partial charge in [-0.25, -0.2) is 0 Å². The molecule has 0 saturated heterocycles. The Hall–Kier alpha value is -0.320. The number of unbranched alkanes of at least 4 members (excludes halogenated alkanes) is 1. The van der Waals surface area contributed by atoms with Gasteiger partial charge in [0.25, 0.3) is 0 Å². The van der Waals surface area contributed by atoms with Crippen LogP contribution < -0.4 is 11.1 Å². The van der Waals surface area contributed by atoms with Crippen molar-refractivity contribution in [2.45, 2.75) is 70.6 Å². The van der Waals surface area contributed by atoms with Crippen LogP contribution >= 0.6 is 12.4 Å². The predicted octanol–water partition coefficient (Wildman–Crippen LogP) is 2.00. The van der Waals surface area contributed by atoms with Crippen LogP contribution in [0.15, 0.2) is 0 Å². The SMILES string of the molecule is CCCCOC(C)C(=O)NC1CCC(N)CC1.Cl. The van der Waals surface area contributed by atoms with Crippen molar-refractivity contribution >= 4 is 18.3 Å². The first-order valence-corrected chi connectivity index (χ1v) is 6.81. The summed E-state index contributed by atoms with van der Waals surface area (Å²) in [5, 5.41) is 3.05. The lowest BCUT2D eigenvalue weighted by atomic mass is 9.92.